The van der Waals surface area contributed by atoms with Crippen molar-refractivity contribution in [1.82, 2.24) is 14.5 Å². The molecule has 24 heavy (non-hydrogen) atoms. The molecule has 0 saturated carbocycles. The SMILES string of the molecule is CCCc1nc2sc(C(=O)O)c(C)c2c(=O)n1CCN(CC)CC. The van der Waals surface area contributed by atoms with Crippen LogP contribution in [0.4, 0.5) is 0 Å². The number of hydrogen-bond donors (Lipinski definition) is 1. The quantitative estimate of drug-likeness (QED) is 0.791. The molecule has 6 nitrogen and oxygen atoms in total. The number of fused-ring (bicyclic) bond motifs is 1. The molecule has 132 valence electrons. The molecular formula is C17H25N3O3S. The molecule has 0 aliphatic rings. The van der Waals surface area contributed by atoms with E-state index in [1.165, 1.54) is 0 Å². The highest BCUT2D eigenvalue weighted by molar-refractivity contribution is 7.20. The number of likely N-dealkylation sites (N-methyl/N-ethyl adjacent to an activating group) is 1. The molecule has 7 heteroatoms. The molecule has 0 spiro atoms. The van der Waals surface area contributed by atoms with Gasteiger partial charge in [0.1, 0.15) is 15.5 Å². The van der Waals surface area contributed by atoms with Gasteiger partial charge in [-0.25, -0.2) is 9.78 Å². The van der Waals surface area contributed by atoms with E-state index < -0.39 is 5.97 Å². The molecule has 0 unspecified atom stereocenters. The Kier molecular flexibility index (Phi) is 6.12. The van der Waals surface area contributed by atoms with E-state index in [0.717, 1.165) is 43.2 Å². The van der Waals surface area contributed by atoms with Crippen molar-refractivity contribution < 1.29 is 9.90 Å². The average Bonchev–Trinajstić information content (AvgIpc) is 2.88. The lowest BCUT2D eigenvalue weighted by atomic mass is 10.2. The summed E-state index contributed by atoms with van der Waals surface area (Å²) in [6.45, 7) is 11.2. The van der Waals surface area contributed by atoms with Gasteiger partial charge in [0.2, 0.25) is 0 Å². The fourth-order valence-corrected chi connectivity index (χ4v) is 3.92. The first kappa shape index (κ1) is 18.6. The predicted octanol–water partition coefficient (Wildman–Crippen LogP) is 2.76. The third kappa shape index (κ3) is 3.52. The summed E-state index contributed by atoms with van der Waals surface area (Å²) in [4.78, 5) is 32.0. The first-order valence-corrected chi connectivity index (χ1v) is 9.24. The Morgan fingerprint density at radius 3 is 2.50 bits per heavy atom. The van der Waals surface area contributed by atoms with Gasteiger partial charge in [-0.3, -0.25) is 9.36 Å². The number of aryl methyl sites for hydroxylation is 2. The number of aromatic carboxylic acids is 1. The van der Waals surface area contributed by atoms with Crippen molar-refractivity contribution in [2.75, 3.05) is 19.6 Å². The Bertz CT molecular complexity index is 790. The highest BCUT2D eigenvalue weighted by Crippen LogP contribution is 2.27. The van der Waals surface area contributed by atoms with Crippen LogP contribution in [0.5, 0.6) is 0 Å². The monoisotopic (exact) mass is 351 g/mol. The second-order valence-electron chi connectivity index (χ2n) is 5.80. The van der Waals surface area contributed by atoms with Crippen LogP contribution < -0.4 is 5.56 Å². The largest absolute Gasteiger partial charge is 0.477 e. The standard InChI is InChI=1S/C17H25N3O3S/c1-5-8-12-18-15-13(11(4)14(24-15)17(22)23)16(21)20(12)10-9-19(6-2)7-3/h5-10H2,1-4H3,(H,22,23). The molecule has 2 rings (SSSR count). The van der Waals surface area contributed by atoms with Gasteiger partial charge in [0.15, 0.2) is 0 Å². The maximum absolute atomic E-state index is 13.0. The molecule has 2 heterocycles. The molecule has 0 saturated heterocycles. The topological polar surface area (TPSA) is 75.4 Å². The van der Waals surface area contributed by atoms with Crippen LogP contribution in [0, 0.1) is 6.92 Å². The molecule has 2 aromatic rings. The predicted molar refractivity (Wildman–Crippen MR) is 97.4 cm³/mol. The van der Waals surface area contributed by atoms with Gasteiger partial charge in [-0.15, -0.1) is 11.3 Å². The Labute approximate surface area is 145 Å². The van der Waals surface area contributed by atoms with Crippen LogP contribution in [0.15, 0.2) is 4.79 Å². The van der Waals surface area contributed by atoms with Gasteiger partial charge < -0.3 is 10.0 Å². The van der Waals surface area contributed by atoms with Crippen molar-refractivity contribution in [3.63, 3.8) is 0 Å². The van der Waals surface area contributed by atoms with Crippen molar-refractivity contribution in [1.29, 1.82) is 0 Å². The van der Waals surface area contributed by atoms with Crippen LogP contribution in [-0.4, -0.2) is 45.2 Å². The van der Waals surface area contributed by atoms with E-state index in [9.17, 15) is 14.7 Å². The van der Waals surface area contributed by atoms with Gasteiger partial charge in [-0.05, 0) is 32.0 Å². The van der Waals surface area contributed by atoms with Crippen molar-refractivity contribution in [2.24, 2.45) is 0 Å². The maximum Gasteiger partial charge on any atom is 0.346 e. The Hall–Kier alpha value is -1.73. The smallest absolute Gasteiger partial charge is 0.346 e. The van der Waals surface area contributed by atoms with Gasteiger partial charge >= 0.3 is 5.97 Å². The minimum Gasteiger partial charge on any atom is -0.477 e. The molecule has 1 N–H and O–H groups in total. The van der Waals surface area contributed by atoms with Gasteiger partial charge in [-0.2, -0.15) is 0 Å². The van der Waals surface area contributed by atoms with Crippen LogP contribution in [0.3, 0.4) is 0 Å². The van der Waals surface area contributed by atoms with E-state index in [-0.39, 0.29) is 10.4 Å². The lowest BCUT2D eigenvalue weighted by molar-refractivity contribution is 0.0701. The van der Waals surface area contributed by atoms with Crippen LogP contribution in [0.1, 0.15) is 48.3 Å². The highest BCUT2D eigenvalue weighted by Gasteiger charge is 2.21. The summed E-state index contributed by atoms with van der Waals surface area (Å²) in [6, 6.07) is 0. The molecule has 0 radical (unpaired) electrons. The van der Waals surface area contributed by atoms with Crippen LogP contribution in [0.25, 0.3) is 10.2 Å². The first-order valence-electron chi connectivity index (χ1n) is 8.42. The lowest BCUT2D eigenvalue weighted by Crippen LogP contribution is -2.33. The fraction of sp³-hybridized carbons (Fsp3) is 0.588. The zero-order valence-corrected chi connectivity index (χ0v) is 15.6. The van der Waals surface area contributed by atoms with E-state index in [2.05, 4.69) is 23.7 Å². The normalized spacial score (nSPS) is 11.5. The average molecular weight is 351 g/mol. The van der Waals surface area contributed by atoms with Crippen molar-refractivity contribution in [3.8, 4) is 0 Å². The molecule has 0 fully saturated rings. The minimum atomic E-state index is -0.998. The Morgan fingerprint density at radius 1 is 1.29 bits per heavy atom. The molecule has 0 aromatic carbocycles. The first-order chi connectivity index (χ1) is 11.4. The number of nitrogens with zero attached hydrogens (tertiary/aromatic N) is 3. The lowest BCUT2D eigenvalue weighted by Gasteiger charge is -2.20. The second kappa shape index (κ2) is 7.90. The summed E-state index contributed by atoms with van der Waals surface area (Å²) < 4.78 is 1.73. The van der Waals surface area contributed by atoms with E-state index >= 15 is 0 Å². The van der Waals surface area contributed by atoms with Gasteiger partial charge in [0.25, 0.3) is 5.56 Å². The number of thiophene rings is 1. The van der Waals surface area contributed by atoms with Gasteiger partial charge in [-0.1, -0.05) is 20.8 Å². The van der Waals surface area contributed by atoms with Crippen molar-refractivity contribution >= 4 is 27.5 Å². The number of aromatic nitrogens is 2. The Balaban J connectivity index is 2.57. The molecular weight excluding hydrogens is 326 g/mol. The molecule has 0 amide bonds. The van der Waals surface area contributed by atoms with Crippen LogP contribution in [0.2, 0.25) is 0 Å². The van der Waals surface area contributed by atoms with E-state index in [1.807, 2.05) is 6.92 Å². The van der Waals surface area contributed by atoms with Gasteiger partial charge in [0, 0.05) is 19.5 Å². The van der Waals surface area contributed by atoms with Crippen LogP contribution >= 0.6 is 11.3 Å². The van der Waals surface area contributed by atoms with Gasteiger partial charge in [0.05, 0.1) is 5.39 Å². The zero-order valence-electron chi connectivity index (χ0n) is 14.8. The number of carboxylic acids is 1. The third-order valence-electron chi connectivity index (χ3n) is 4.33. The summed E-state index contributed by atoms with van der Waals surface area (Å²) in [6.07, 6.45) is 1.60. The third-order valence-corrected chi connectivity index (χ3v) is 5.51. The number of carbonyl (C=O) groups is 1. The fourth-order valence-electron chi connectivity index (χ4n) is 2.89. The molecule has 0 atom stereocenters. The molecule has 0 aliphatic heterocycles. The molecule has 2 aromatic heterocycles. The summed E-state index contributed by atoms with van der Waals surface area (Å²) >= 11 is 1.09. The summed E-state index contributed by atoms with van der Waals surface area (Å²) in [5, 5.41) is 9.76. The van der Waals surface area contributed by atoms with E-state index in [0.29, 0.717) is 28.7 Å². The minimum absolute atomic E-state index is 0.114. The summed E-state index contributed by atoms with van der Waals surface area (Å²) in [5.74, 6) is -0.248. The molecule has 0 aliphatic carbocycles. The van der Waals surface area contributed by atoms with E-state index in [4.69, 9.17) is 0 Å². The second-order valence-corrected chi connectivity index (χ2v) is 6.80. The zero-order chi connectivity index (χ0) is 17.9. The van der Waals surface area contributed by atoms with E-state index in [1.54, 1.807) is 11.5 Å². The summed E-state index contributed by atoms with van der Waals surface area (Å²) in [5.41, 5.74) is 0.413. The number of hydrogen-bond acceptors (Lipinski definition) is 5. The summed E-state index contributed by atoms with van der Waals surface area (Å²) in [7, 11) is 0. The van der Waals surface area contributed by atoms with Crippen molar-refractivity contribution in [3.05, 3.63) is 26.6 Å². The molecule has 0 bridgehead atoms. The number of carboxylic acid groups (broad SMARTS) is 1. The number of rotatable bonds is 8. The highest BCUT2D eigenvalue weighted by atomic mass is 32.1. The Morgan fingerprint density at radius 2 is 1.96 bits per heavy atom. The maximum atomic E-state index is 13.0. The van der Waals surface area contributed by atoms with Crippen LogP contribution in [-0.2, 0) is 13.0 Å². The van der Waals surface area contributed by atoms with Crippen molar-refractivity contribution in [2.45, 2.75) is 47.1 Å².